The van der Waals surface area contributed by atoms with E-state index in [1.54, 1.807) is 0 Å². The second-order valence-electron chi connectivity index (χ2n) is 7.47. The van der Waals surface area contributed by atoms with Crippen molar-refractivity contribution in [3.63, 3.8) is 0 Å². The zero-order valence-corrected chi connectivity index (χ0v) is 15.8. The van der Waals surface area contributed by atoms with Gasteiger partial charge in [0, 0.05) is 6.04 Å². The van der Waals surface area contributed by atoms with Crippen LogP contribution in [0.15, 0.2) is 0 Å². The van der Waals surface area contributed by atoms with E-state index in [9.17, 15) is 35.4 Å². The van der Waals surface area contributed by atoms with Crippen LogP contribution in [0.3, 0.4) is 0 Å². The first kappa shape index (κ1) is 24.3. The van der Waals surface area contributed by atoms with E-state index in [0.29, 0.717) is 0 Å². The fraction of sp³-hybridized carbons (Fsp3) is 0.938. The molecule has 2 rings (SSSR count). The highest BCUT2D eigenvalue weighted by Gasteiger charge is 2.48. The van der Waals surface area contributed by atoms with Gasteiger partial charge in [-0.15, -0.1) is 0 Å². The van der Waals surface area contributed by atoms with Crippen LogP contribution in [0, 0.1) is 0 Å². The largest absolute Gasteiger partial charge is 0.394 e. The van der Waals surface area contributed by atoms with Crippen molar-refractivity contribution >= 4 is 5.91 Å². The van der Waals surface area contributed by atoms with Crippen molar-refractivity contribution in [2.24, 2.45) is 17.2 Å². The van der Waals surface area contributed by atoms with Gasteiger partial charge in [-0.3, -0.25) is 4.79 Å². The van der Waals surface area contributed by atoms with Gasteiger partial charge < -0.3 is 62.6 Å². The molecule has 0 aromatic heterocycles. The molecular formula is C16H32N4O9. The normalized spacial score (nSPS) is 44.3. The molecule has 1 heterocycles. The van der Waals surface area contributed by atoms with Gasteiger partial charge in [0.1, 0.15) is 42.7 Å². The minimum Gasteiger partial charge on any atom is -0.394 e. The molecule has 170 valence electrons. The number of hydrogen-bond donors (Lipinski definition) is 10. The van der Waals surface area contributed by atoms with E-state index in [1.807, 2.05) is 0 Å². The molecule has 29 heavy (non-hydrogen) atoms. The molecule has 13 nitrogen and oxygen atoms in total. The Labute approximate surface area is 167 Å². The first-order chi connectivity index (χ1) is 13.6. The Bertz CT molecular complexity index is 543. The van der Waals surface area contributed by atoms with Crippen LogP contribution in [-0.4, -0.2) is 117 Å². The Morgan fingerprint density at radius 1 is 1.14 bits per heavy atom. The maximum Gasteiger partial charge on any atom is 0.249 e. The topological polar surface area (TPSA) is 247 Å². The van der Waals surface area contributed by atoms with Gasteiger partial charge in [-0.1, -0.05) is 0 Å². The van der Waals surface area contributed by atoms with Crippen molar-refractivity contribution in [1.29, 1.82) is 0 Å². The number of carbonyl (C=O) groups is 1. The average Bonchev–Trinajstić information content (AvgIpc) is 2.69. The lowest BCUT2D eigenvalue weighted by Gasteiger charge is -2.46. The minimum absolute atomic E-state index is 0.000539. The monoisotopic (exact) mass is 424 g/mol. The van der Waals surface area contributed by atoms with Crippen LogP contribution in [0.25, 0.3) is 0 Å². The summed E-state index contributed by atoms with van der Waals surface area (Å²) in [6.45, 7) is -0.511. The summed E-state index contributed by atoms with van der Waals surface area (Å²) < 4.78 is 10.9. The summed E-state index contributed by atoms with van der Waals surface area (Å²) in [5, 5.41) is 62.0. The molecule has 0 bridgehead atoms. The summed E-state index contributed by atoms with van der Waals surface area (Å²) in [6.07, 6.45) is -10.9. The van der Waals surface area contributed by atoms with Gasteiger partial charge in [-0.2, -0.15) is 0 Å². The number of carbonyl (C=O) groups excluding carboxylic acids is 1. The molecule has 1 aliphatic carbocycles. The molecule has 1 aliphatic heterocycles. The summed E-state index contributed by atoms with van der Waals surface area (Å²) >= 11 is 0. The van der Waals surface area contributed by atoms with Gasteiger partial charge in [0.05, 0.1) is 18.7 Å². The minimum atomic E-state index is -1.55. The number of hydrogen-bond acceptors (Lipinski definition) is 12. The quantitative estimate of drug-likeness (QED) is 0.183. The SMILES string of the molecule is NCCC(O)C(=O)N[C@@H]1CC(N)[C@@H](O[C@H]2OC(CO)[C@@H](O)C(O)C2N)C(O)C1O. The molecule has 0 spiro atoms. The van der Waals surface area contributed by atoms with E-state index in [2.05, 4.69) is 5.32 Å². The first-order valence-corrected chi connectivity index (χ1v) is 9.46. The fourth-order valence-electron chi connectivity index (χ4n) is 3.53. The summed E-state index contributed by atoms with van der Waals surface area (Å²) in [6, 6.07) is -3.02. The fourth-order valence-corrected chi connectivity index (χ4v) is 3.53. The third kappa shape index (κ3) is 5.39. The molecule has 13 heteroatoms. The second kappa shape index (κ2) is 10.4. The van der Waals surface area contributed by atoms with Crippen LogP contribution in [0.5, 0.6) is 0 Å². The third-order valence-electron chi connectivity index (χ3n) is 5.34. The van der Waals surface area contributed by atoms with Crippen molar-refractivity contribution in [2.75, 3.05) is 13.2 Å². The summed E-state index contributed by atoms with van der Waals surface area (Å²) in [5.41, 5.74) is 17.1. The first-order valence-electron chi connectivity index (χ1n) is 9.46. The standard InChI is InChI=1S/C16H32N4O9/c17-2-1-7(22)15(27)20-6-3-5(18)14(13(26)10(6)23)29-16-9(19)12(25)11(24)8(4-21)28-16/h5-14,16,21-26H,1-4,17-19H2,(H,20,27)/t5?,6-,7?,8?,9?,10?,11-,12?,13?,14-,16-/m1/s1. The predicted octanol–water partition coefficient (Wildman–Crippen LogP) is -6.21. The van der Waals surface area contributed by atoms with Crippen LogP contribution in [-0.2, 0) is 14.3 Å². The Morgan fingerprint density at radius 3 is 2.38 bits per heavy atom. The van der Waals surface area contributed by atoms with Gasteiger partial charge in [-0.05, 0) is 19.4 Å². The van der Waals surface area contributed by atoms with Gasteiger partial charge in [0.2, 0.25) is 5.91 Å². The van der Waals surface area contributed by atoms with Gasteiger partial charge >= 0.3 is 0 Å². The Kier molecular flexibility index (Phi) is 8.69. The van der Waals surface area contributed by atoms with Crippen LogP contribution < -0.4 is 22.5 Å². The molecule has 0 aromatic rings. The molecule has 0 aromatic carbocycles. The molecule has 13 N–H and O–H groups in total. The second-order valence-corrected chi connectivity index (χ2v) is 7.47. The molecule has 0 radical (unpaired) electrons. The van der Waals surface area contributed by atoms with Crippen molar-refractivity contribution in [3.8, 4) is 0 Å². The maximum absolute atomic E-state index is 11.9. The van der Waals surface area contributed by atoms with E-state index in [4.69, 9.17) is 26.7 Å². The Balaban J connectivity index is 2.02. The smallest absolute Gasteiger partial charge is 0.249 e. The Morgan fingerprint density at radius 2 is 1.79 bits per heavy atom. The van der Waals surface area contributed by atoms with Crippen LogP contribution in [0.4, 0.5) is 0 Å². The predicted molar refractivity (Wildman–Crippen MR) is 96.8 cm³/mol. The van der Waals surface area contributed by atoms with Crippen LogP contribution in [0.1, 0.15) is 12.8 Å². The van der Waals surface area contributed by atoms with Crippen molar-refractivity contribution in [3.05, 3.63) is 0 Å². The van der Waals surface area contributed by atoms with E-state index in [0.717, 1.165) is 0 Å². The van der Waals surface area contributed by atoms with Crippen LogP contribution >= 0.6 is 0 Å². The van der Waals surface area contributed by atoms with Crippen molar-refractivity contribution in [2.45, 2.75) is 80.0 Å². The highest BCUT2D eigenvalue weighted by Crippen LogP contribution is 2.27. The lowest BCUT2D eigenvalue weighted by Crippen LogP contribution is -2.68. The number of ether oxygens (including phenoxy) is 2. The van der Waals surface area contributed by atoms with Crippen molar-refractivity contribution < 1.29 is 44.9 Å². The molecule has 7 unspecified atom stereocenters. The van der Waals surface area contributed by atoms with Crippen LogP contribution in [0.2, 0.25) is 0 Å². The van der Waals surface area contributed by atoms with E-state index in [-0.39, 0.29) is 19.4 Å². The number of rotatable bonds is 7. The molecule has 2 aliphatic rings. The molecule has 2 fully saturated rings. The lowest BCUT2D eigenvalue weighted by molar-refractivity contribution is -0.294. The van der Waals surface area contributed by atoms with E-state index in [1.165, 1.54) is 0 Å². The highest BCUT2D eigenvalue weighted by atomic mass is 16.7. The summed E-state index contributed by atoms with van der Waals surface area (Å²) in [5.74, 6) is -0.751. The third-order valence-corrected chi connectivity index (χ3v) is 5.34. The summed E-state index contributed by atoms with van der Waals surface area (Å²) in [7, 11) is 0. The zero-order valence-electron chi connectivity index (χ0n) is 15.8. The van der Waals surface area contributed by atoms with Gasteiger partial charge in [0.25, 0.3) is 0 Å². The summed E-state index contributed by atoms with van der Waals surface area (Å²) in [4.78, 5) is 11.9. The molecular weight excluding hydrogens is 392 g/mol. The Hall–Kier alpha value is -0.970. The molecule has 1 saturated carbocycles. The number of nitrogens with two attached hydrogens (primary N) is 3. The number of amides is 1. The average molecular weight is 424 g/mol. The number of nitrogens with one attached hydrogen (secondary N) is 1. The van der Waals surface area contributed by atoms with Crippen molar-refractivity contribution in [1.82, 2.24) is 5.32 Å². The maximum atomic E-state index is 11.9. The molecule has 11 atom stereocenters. The lowest BCUT2D eigenvalue weighted by atomic mass is 9.84. The van der Waals surface area contributed by atoms with Gasteiger partial charge in [0.15, 0.2) is 6.29 Å². The van der Waals surface area contributed by atoms with E-state index >= 15 is 0 Å². The zero-order chi connectivity index (χ0) is 21.9. The number of aliphatic hydroxyl groups excluding tert-OH is 6. The molecule has 1 amide bonds. The highest BCUT2D eigenvalue weighted by molar-refractivity contribution is 5.80. The van der Waals surface area contributed by atoms with E-state index < -0.39 is 79.7 Å². The molecule has 1 saturated heterocycles. The number of aliphatic hydroxyl groups is 6. The van der Waals surface area contributed by atoms with Gasteiger partial charge in [-0.25, -0.2) is 0 Å².